The van der Waals surface area contributed by atoms with Crippen LogP contribution in [0.2, 0.25) is 0 Å². The Kier molecular flexibility index (Phi) is 3.07. The minimum absolute atomic E-state index is 0.0336. The molecule has 0 saturated heterocycles. The molecule has 2 bridgehead atoms. The van der Waals surface area contributed by atoms with Gasteiger partial charge in [-0.3, -0.25) is 0 Å². The molecule has 0 radical (unpaired) electrons. The van der Waals surface area contributed by atoms with E-state index in [0.717, 1.165) is 25.2 Å². The van der Waals surface area contributed by atoms with Crippen molar-refractivity contribution >= 4 is 0 Å². The van der Waals surface area contributed by atoms with E-state index >= 15 is 0 Å². The number of fused-ring (bicyclic) bond motifs is 2. The van der Waals surface area contributed by atoms with Crippen molar-refractivity contribution in [3.05, 3.63) is 0 Å². The maximum absolute atomic E-state index is 11.6. The van der Waals surface area contributed by atoms with Crippen LogP contribution in [0.15, 0.2) is 0 Å². The summed E-state index contributed by atoms with van der Waals surface area (Å²) in [6.45, 7) is 7.65. The Bertz CT molecular complexity index is 366. The van der Waals surface area contributed by atoms with Crippen LogP contribution in [0.1, 0.15) is 65.7 Å². The summed E-state index contributed by atoms with van der Waals surface area (Å²) in [7, 11) is 0. The molecule has 0 heterocycles. The Balaban J connectivity index is 1.91. The predicted octanol–water partition coefficient (Wildman–Crippen LogP) is 3.33. The third kappa shape index (κ3) is 1.82. The Labute approximate surface area is 118 Å². The minimum Gasteiger partial charge on any atom is -0.389 e. The zero-order valence-corrected chi connectivity index (χ0v) is 12.9. The van der Waals surface area contributed by atoms with Crippen LogP contribution in [0.5, 0.6) is 0 Å². The number of hydrogen-bond acceptors (Lipinski definition) is 2. The normalized spacial score (nSPS) is 52.6. The van der Waals surface area contributed by atoms with Crippen LogP contribution >= 0.6 is 0 Å². The van der Waals surface area contributed by atoms with Crippen molar-refractivity contribution in [2.75, 3.05) is 6.54 Å². The minimum atomic E-state index is -0.503. The standard InChI is InChI=1S/C17H31NO/c1-12-9-15(2,3)6-7-17(12,19)16(11-18)10-13-4-5-14(16)8-13/h12-14,19H,4-11,18H2,1-3H3. The predicted molar refractivity (Wildman–Crippen MR) is 78.7 cm³/mol. The third-order valence-electron chi connectivity index (χ3n) is 7.06. The third-order valence-corrected chi connectivity index (χ3v) is 7.06. The summed E-state index contributed by atoms with van der Waals surface area (Å²) in [4.78, 5) is 0. The highest BCUT2D eigenvalue weighted by molar-refractivity contribution is 5.14. The lowest BCUT2D eigenvalue weighted by atomic mass is 9.52. The molecular weight excluding hydrogens is 234 g/mol. The highest BCUT2D eigenvalue weighted by Gasteiger charge is 2.63. The van der Waals surface area contributed by atoms with Gasteiger partial charge in [0.1, 0.15) is 0 Å². The van der Waals surface area contributed by atoms with Crippen molar-refractivity contribution in [2.24, 2.45) is 34.3 Å². The van der Waals surface area contributed by atoms with Crippen molar-refractivity contribution < 1.29 is 5.11 Å². The maximum atomic E-state index is 11.6. The van der Waals surface area contributed by atoms with Gasteiger partial charge in [0.2, 0.25) is 0 Å². The number of rotatable bonds is 2. The topological polar surface area (TPSA) is 46.2 Å². The van der Waals surface area contributed by atoms with Crippen molar-refractivity contribution in [3.8, 4) is 0 Å². The summed E-state index contributed by atoms with van der Waals surface area (Å²) in [5.74, 6) is 1.93. The molecule has 0 aromatic rings. The quantitative estimate of drug-likeness (QED) is 0.804. The fourth-order valence-corrected chi connectivity index (χ4v) is 6.02. The molecule has 0 aromatic carbocycles. The lowest BCUT2D eigenvalue weighted by Crippen LogP contribution is -2.61. The number of nitrogens with two attached hydrogens (primary N) is 1. The smallest absolute Gasteiger partial charge is 0.0744 e. The van der Waals surface area contributed by atoms with Gasteiger partial charge in [0.25, 0.3) is 0 Å². The lowest BCUT2D eigenvalue weighted by Gasteiger charge is -2.57. The van der Waals surface area contributed by atoms with E-state index in [-0.39, 0.29) is 5.41 Å². The van der Waals surface area contributed by atoms with Crippen molar-refractivity contribution in [3.63, 3.8) is 0 Å². The van der Waals surface area contributed by atoms with Gasteiger partial charge in [-0.1, -0.05) is 27.2 Å². The first-order valence-corrected chi connectivity index (χ1v) is 8.25. The van der Waals surface area contributed by atoms with E-state index in [9.17, 15) is 5.11 Å². The van der Waals surface area contributed by atoms with Gasteiger partial charge in [0.05, 0.1) is 5.60 Å². The Morgan fingerprint density at radius 2 is 1.89 bits per heavy atom. The van der Waals surface area contributed by atoms with Crippen molar-refractivity contribution in [1.82, 2.24) is 0 Å². The van der Waals surface area contributed by atoms with Crippen LogP contribution < -0.4 is 5.73 Å². The van der Waals surface area contributed by atoms with Crippen molar-refractivity contribution in [2.45, 2.75) is 71.3 Å². The van der Waals surface area contributed by atoms with E-state index in [2.05, 4.69) is 20.8 Å². The van der Waals surface area contributed by atoms with E-state index in [1.807, 2.05) is 0 Å². The fourth-order valence-electron chi connectivity index (χ4n) is 6.02. The first kappa shape index (κ1) is 13.9. The Morgan fingerprint density at radius 3 is 2.37 bits per heavy atom. The Hall–Kier alpha value is -0.0800. The SMILES string of the molecule is CC1CC(C)(C)CCC1(O)C1(CN)CC2CCC1C2. The monoisotopic (exact) mass is 265 g/mol. The zero-order chi connectivity index (χ0) is 13.9. The molecule has 5 atom stereocenters. The number of hydrogen-bond donors (Lipinski definition) is 2. The van der Waals surface area contributed by atoms with Crippen LogP contribution in [0.3, 0.4) is 0 Å². The molecule has 3 N–H and O–H groups in total. The van der Waals surface area contributed by atoms with E-state index in [0.29, 0.717) is 23.8 Å². The summed E-state index contributed by atoms with van der Waals surface area (Å²) in [5.41, 5.74) is 6.16. The van der Waals surface area contributed by atoms with E-state index in [1.54, 1.807) is 0 Å². The molecule has 3 aliphatic rings. The molecular formula is C17H31NO. The number of aliphatic hydroxyl groups is 1. The van der Waals surface area contributed by atoms with E-state index < -0.39 is 5.60 Å². The van der Waals surface area contributed by atoms with Gasteiger partial charge in [0, 0.05) is 12.0 Å². The second kappa shape index (κ2) is 4.21. The molecule has 5 unspecified atom stereocenters. The molecule has 0 amide bonds. The van der Waals surface area contributed by atoms with Gasteiger partial charge >= 0.3 is 0 Å². The van der Waals surface area contributed by atoms with Crippen molar-refractivity contribution in [1.29, 1.82) is 0 Å². The first-order valence-electron chi connectivity index (χ1n) is 8.25. The largest absolute Gasteiger partial charge is 0.389 e. The molecule has 110 valence electrons. The second-order valence-corrected chi connectivity index (χ2v) is 8.63. The summed E-state index contributed by atoms with van der Waals surface area (Å²) in [6, 6.07) is 0. The zero-order valence-electron chi connectivity index (χ0n) is 12.9. The van der Waals surface area contributed by atoms with E-state index in [4.69, 9.17) is 5.73 Å². The van der Waals surface area contributed by atoms with Gasteiger partial charge in [-0.2, -0.15) is 0 Å². The van der Waals surface area contributed by atoms with Crippen LogP contribution in [0.4, 0.5) is 0 Å². The van der Waals surface area contributed by atoms with Gasteiger partial charge in [0.15, 0.2) is 0 Å². The molecule has 3 aliphatic carbocycles. The van der Waals surface area contributed by atoms with Crippen LogP contribution in [0, 0.1) is 28.6 Å². The average molecular weight is 265 g/mol. The lowest BCUT2D eigenvalue weighted by molar-refractivity contribution is -0.176. The Morgan fingerprint density at radius 1 is 1.16 bits per heavy atom. The summed E-state index contributed by atoms with van der Waals surface area (Å²) < 4.78 is 0. The van der Waals surface area contributed by atoms with Gasteiger partial charge in [-0.05, 0) is 61.7 Å². The second-order valence-electron chi connectivity index (χ2n) is 8.63. The van der Waals surface area contributed by atoms with Crippen LogP contribution in [-0.2, 0) is 0 Å². The fraction of sp³-hybridized carbons (Fsp3) is 1.00. The van der Waals surface area contributed by atoms with Crippen LogP contribution in [0.25, 0.3) is 0 Å². The van der Waals surface area contributed by atoms with E-state index in [1.165, 1.54) is 25.7 Å². The summed E-state index contributed by atoms with van der Waals surface area (Å²) in [6.07, 6.45) is 8.45. The average Bonchev–Trinajstić information content (AvgIpc) is 2.94. The molecule has 3 rings (SSSR count). The molecule has 0 aromatic heterocycles. The highest BCUT2D eigenvalue weighted by atomic mass is 16.3. The molecule has 3 fully saturated rings. The molecule has 2 heteroatoms. The highest BCUT2D eigenvalue weighted by Crippen LogP contribution is 2.64. The van der Waals surface area contributed by atoms with Gasteiger partial charge in [-0.15, -0.1) is 0 Å². The molecule has 19 heavy (non-hydrogen) atoms. The summed E-state index contributed by atoms with van der Waals surface area (Å²) in [5, 5.41) is 11.6. The van der Waals surface area contributed by atoms with Crippen LogP contribution in [-0.4, -0.2) is 17.3 Å². The molecule has 0 aliphatic heterocycles. The first-order chi connectivity index (χ1) is 8.83. The summed E-state index contributed by atoms with van der Waals surface area (Å²) >= 11 is 0. The molecule has 0 spiro atoms. The van der Waals surface area contributed by atoms with Gasteiger partial charge in [-0.25, -0.2) is 0 Å². The maximum Gasteiger partial charge on any atom is 0.0744 e. The van der Waals surface area contributed by atoms with Gasteiger partial charge < -0.3 is 10.8 Å². The molecule has 3 saturated carbocycles. The molecule has 2 nitrogen and oxygen atoms in total.